The van der Waals surface area contributed by atoms with Gasteiger partial charge in [-0.15, -0.1) is 0 Å². The lowest BCUT2D eigenvalue weighted by Crippen LogP contribution is -2.40. The molecule has 2 saturated carbocycles. The van der Waals surface area contributed by atoms with Gasteiger partial charge >= 0.3 is 0 Å². The first-order valence-corrected chi connectivity index (χ1v) is 7.88. The fraction of sp³-hybridized carbons (Fsp3) is 0.647. The predicted molar refractivity (Wildman–Crippen MR) is 78.2 cm³/mol. The largest absolute Gasteiger partial charge is 0.328 e. The fourth-order valence-corrected chi connectivity index (χ4v) is 4.38. The minimum Gasteiger partial charge on any atom is -0.328 e. The van der Waals surface area contributed by atoms with Gasteiger partial charge in [-0.05, 0) is 56.1 Å². The third-order valence-electron chi connectivity index (χ3n) is 5.68. The summed E-state index contributed by atoms with van der Waals surface area (Å²) in [7, 11) is 0. The molecule has 102 valence electrons. The van der Waals surface area contributed by atoms with Crippen molar-refractivity contribution in [3.05, 3.63) is 35.4 Å². The molecule has 0 radical (unpaired) electrons. The lowest BCUT2D eigenvalue weighted by molar-refractivity contribution is 0.333. The summed E-state index contributed by atoms with van der Waals surface area (Å²) in [5.41, 5.74) is 9.72. The van der Waals surface area contributed by atoms with E-state index in [4.69, 9.17) is 5.73 Å². The van der Waals surface area contributed by atoms with Crippen molar-refractivity contribution in [2.24, 2.45) is 5.73 Å². The molecule has 2 atom stereocenters. The van der Waals surface area contributed by atoms with Crippen molar-refractivity contribution in [2.45, 2.75) is 68.5 Å². The minimum absolute atomic E-state index is 0.457. The van der Waals surface area contributed by atoms with Crippen LogP contribution in [0.3, 0.4) is 0 Å². The topological polar surface area (TPSA) is 38.0 Å². The van der Waals surface area contributed by atoms with Gasteiger partial charge in [-0.2, -0.15) is 0 Å². The number of nitrogens with one attached hydrogen (secondary N) is 1. The normalized spacial score (nSPS) is 40.4. The van der Waals surface area contributed by atoms with Crippen LogP contribution in [0.5, 0.6) is 0 Å². The lowest BCUT2D eigenvalue weighted by Gasteiger charge is -2.28. The summed E-state index contributed by atoms with van der Waals surface area (Å²) in [5, 5.41) is 3.93. The second-order valence-corrected chi connectivity index (χ2v) is 6.85. The second kappa shape index (κ2) is 4.32. The Morgan fingerprint density at radius 3 is 2.74 bits per heavy atom. The van der Waals surface area contributed by atoms with Crippen molar-refractivity contribution in [1.82, 2.24) is 5.32 Å². The Labute approximate surface area is 115 Å². The van der Waals surface area contributed by atoms with Crippen LogP contribution in [0.15, 0.2) is 24.3 Å². The summed E-state index contributed by atoms with van der Waals surface area (Å²) < 4.78 is 0. The summed E-state index contributed by atoms with van der Waals surface area (Å²) in [5.74, 6) is 0. The maximum Gasteiger partial charge on any atom is 0.0176 e. The van der Waals surface area contributed by atoms with Gasteiger partial charge in [0.15, 0.2) is 0 Å². The Morgan fingerprint density at radius 2 is 1.89 bits per heavy atom. The number of hydrogen-bond donors (Lipinski definition) is 2. The first kappa shape index (κ1) is 11.9. The van der Waals surface area contributed by atoms with E-state index in [-0.39, 0.29) is 0 Å². The molecule has 0 unspecified atom stereocenters. The van der Waals surface area contributed by atoms with Gasteiger partial charge in [0.25, 0.3) is 0 Å². The van der Waals surface area contributed by atoms with Crippen molar-refractivity contribution < 1.29 is 0 Å². The molecule has 3 aliphatic carbocycles. The van der Waals surface area contributed by atoms with E-state index in [1.165, 1.54) is 44.9 Å². The molecule has 2 fully saturated rings. The lowest BCUT2D eigenvalue weighted by atomic mass is 9.91. The fourth-order valence-electron chi connectivity index (χ4n) is 4.38. The predicted octanol–water partition coefficient (Wildman–Crippen LogP) is 2.50. The number of hydrogen-bond acceptors (Lipinski definition) is 2. The van der Waals surface area contributed by atoms with Crippen LogP contribution in [0.4, 0.5) is 0 Å². The SMILES string of the molecule is NC1CCC(N[C@@H]2C[C@@]23CCc2ccccc23)CC1. The van der Waals surface area contributed by atoms with Crippen LogP contribution in [0.25, 0.3) is 0 Å². The van der Waals surface area contributed by atoms with Crippen molar-refractivity contribution in [3.8, 4) is 0 Å². The standard InChI is InChI=1S/C17H24N2/c18-13-5-7-14(8-6-13)19-16-11-17(16)10-9-12-3-1-2-4-15(12)17/h1-4,13-14,16,19H,5-11,18H2/t13?,14?,16-,17-/m1/s1. The van der Waals surface area contributed by atoms with Crippen molar-refractivity contribution in [2.75, 3.05) is 0 Å². The van der Waals surface area contributed by atoms with E-state index in [1.54, 1.807) is 11.1 Å². The highest BCUT2D eigenvalue weighted by Gasteiger charge is 2.58. The Bertz CT molecular complexity index is 476. The molecular formula is C17H24N2. The van der Waals surface area contributed by atoms with Crippen LogP contribution in [0.1, 0.15) is 49.7 Å². The zero-order chi connectivity index (χ0) is 12.9. The van der Waals surface area contributed by atoms with Crippen LogP contribution < -0.4 is 11.1 Å². The second-order valence-electron chi connectivity index (χ2n) is 6.85. The number of benzene rings is 1. The molecular weight excluding hydrogens is 232 g/mol. The van der Waals surface area contributed by atoms with Crippen molar-refractivity contribution >= 4 is 0 Å². The molecule has 1 spiro atoms. The Hall–Kier alpha value is -0.860. The van der Waals surface area contributed by atoms with Gasteiger partial charge in [-0.3, -0.25) is 0 Å². The molecule has 4 rings (SSSR count). The van der Waals surface area contributed by atoms with E-state index in [2.05, 4.69) is 29.6 Å². The molecule has 2 nitrogen and oxygen atoms in total. The highest BCUT2D eigenvalue weighted by molar-refractivity contribution is 5.46. The Balaban J connectivity index is 1.44. The van der Waals surface area contributed by atoms with Crippen molar-refractivity contribution in [3.63, 3.8) is 0 Å². The maximum absolute atomic E-state index is 5.99. The molecule has 0 bridgehead atoms. The Morgan fingerprint density at radius 1 is 1.11 bits per heavy atom. The van der Waals surface area contributed by atoms with E-state index in [9.17, 15) is 0 Å². The molecule has 19 heavy (non-hydrogen) atoms. The van der Waals surface area contributed by atoms with Crippen LogP contribution in [0, 0.1) is 0 Å². The quantitative estimate of drug-likeness (QED) is 0.853. The van der Waals surface area contributed by atoms with Gasteiger partial charge in [-0.1, -0.05) is 24.3 Å². The molecule has 1 aromatic carbocycles. The highest BCUT2D eigenvalue weighted by Crippen LogP contribution is 2.57. The van der Waals surface area contributed by atoms with Gasteiger partial charge < -0.3 is 11.1 Å². The van der Waals surface area contributed by atoms with E-state index >= 15 is 0 Å². The molecule has 0 heterocycles. The monoisotopic (exact) mass is 256 g/mol. The molecule has 0 amide bonds. The Kier molecular flexibility index (Phi) is 2.71. The molecule has 1 aromatic rings. The number of fused-ring (bicyclic) bond motifs is 2. The average Bonchev–Trinajstić information content (AvgIpc) is 3.00. The first-order chi connectivity index (χ1) is 9.28. The summed E-state index contributed by atoms with van der Waals surface area (Å²) in [6.45, 7) is 0. The number of rotatable bonds is 2. The van der Waals surface area contributed by atoms with Gasteiger partial charge in [0.1, 0.15) is 0 Å². The van der Waals surface area contributed by atoms with Crippen molar-refractivity contribution in [1.29, 1.82) is 0 Å². The third-order valence-corrected chi connectivity index (χ3v) is 5.68. The minimum atomic E-state index is 0.457. The molecule has 0 aromatic heterocycles. The van der Waals surface area contributed by atoms with E-state index in [1.807, 2.05) is 0 Å². The average molecular weight is 256 g/mol. The van der Waals surface area contributed by atoms with Crippen LogP contribution in [0.2, 0.25) is 0 Å². The van der Waals surface area contributed by atoms with Gasteiger partial charge in [0, 0.05) is 23.5 Å². The highest BCUT2D eigenvalue weighted by atomic mass is 15.0. The summed E-state index contributed by atoms with van der Waals surface area (Å²) in [6, 6.07) is 11.0. The van der Waals surface area contributed by atoms with Gasteiger partial charge in [0.05, 0.1) is 0 Å². The summed E-state index contributed by atoms with van der Waals surface area (Å²) in [6.07, 6.45) is 8.94. The van der Waals surface area contributed by atoms with E-state index in [0.717, 1.165) is 12.1 Å². The zero-order valence-electron chi connectivity index (χ0n) is 11.6. The zero-order valence-corrected chi connectivity index (χ0v) is 11.6. The maximum atomic E-state index is 5.99. The third kappa shape index (κ3) is 1.93. The van der Waals surface area contributed by atoms with E-state index in [0.29, 0.717) is 11.5 Å². The molecule has 3 N–H and O–H groups in total. The summed E-state index contributed by atoms with van der Waals surface area (Å²) >= 11 is 0. The van der Waals surface area contributed by atoms with Gasteiger partial charge in [-0.25, -0.2) is 0 Å². The van der Waals surface area contributed by atoms with E-state index < -0.39 is 0 Å². The number of aryl methyl sites for hydroxylation is 1. The summed E-state index contributed by atoms with van der Waals surface area (Å²) in [4.78, 5) is 0. The first-order valence-electron chi connectivity index (χ1n) is 7.88. The van der Waals surface area contributed by atoms with Crippen LogP contribution in [-0.2, 0) is 11.8 Å². The number of nitrogens with two attached hydrogens (primary N) is 1. The molecule has 2 heteroatoms. The van der Waals surface area contributed by atoms with Crippen LogP contribution >= 0.6 is 0 Å². The smallest absolute Gasteiger partial charge is 0.0176 e. The molecule has 0 saturated heterocycles. The van der Waals surface area contributed by atoms with Gasteiger partial charge in [0.2, 0.25) is 0 Å². The van der Waals surface area contributed by atoms with Crippen LogP contribution in [-0.4, -0.2) is 18.1 Å². The molecule has 3 aliphatic rings. The molecule has 0 aliphatic heterocycles.